The Morgan fingerprint density at radius 2 is 2.00 bits per heavy atom. The highest BCUT2D eigenvalue weighted by atomic mass is 16.6. The normalized spacial score (nSPS) is 24.4. The summed E-state index contributed by atoms with van der Waals surface area (Å²) in [5.41, 5.74) is -1.18. The number of carbonyl (C=O) groups is 3. The smallest absolute Gasteiger partial charge is 0.336 e. The van der Waals surface area contributed by atoms with Gasteiger partial charge in [0.05, 0.1) is 20.3 Å². The van der Waals surface area contributed by atoms with Crippen LogP contribution in [0.15, 0.2) is 0 Å². The number of hydrogen-bond acceptors (Lipinski definition) is 5. The summed E-state index contributed by atoms with van der Waals surface area (Å²) in [6.45, 7) is 0.594. The number of aliphatic carboxylic acids is 1. The predicted molar refractivity (Wildman–Crippen MR) is 70.7 cm³/mol. The molecule has 1 heterocycles. The van der Waals surface area contributed by atoms with Crippen LogP contribution in [0.3, 0.4) is 0 Å². The first-order valence-electron chi connectivity index (χ1n) is 6.98. The summed E-state index contributed by atoms with van der Waals surface area (Å²) in [5.74, 6) is -1.55. The molecule has 0 radical (unpaired) electrons. The Kier molecular flexibility index (Phi) is 4.66. The molecule has 1 saturated carbocycles. The molecule has 0 spiro atoms. The van der Waals surface area contributed by atoms with Crippen molar-refractivity contribution in [2.24, 2.45) is 0 Å². The van der Waals surface area contributed by atoms with Crippen molar-refractivity contribution in [2.75, 3.05) is 26.8 Å². The Morgan fingerprint density at radius 3 is 2.57 bits per heavy atom. The Morgan fingerprint density at radius 1 is 1.33 bits per heavy atom. The number of carboxylic acid groups (broad SMARTS) is 1. The van der Waals surface area contributed by atoms with E-state index in [-0.39, 0.29) is 13.2 Å². The lowest BCUT2D eigenvalue weighted by atomic mass is 9.98. The molecular weight excluding hydrogens is 280 g/mol. The zero-order chi connectivity index (χ0) is 15.5. The van der Waals surface area contributed by atoms with Crippen molar-refractivity contribution in [1.29, 1.82) is 0 Å². The number of ether oxygens (including phenoxy) is 2. The molecule has 0 bridgehead atoms. The number of rotatable bonds is 3. The van der Waals surface area contributed by atoms with E-state index < -0.39 is 29.6 Å². The van der Waals surface area contributed by atoms with Gasteiger partial charge in [-0.1, -0.05) is 12.8 Å². The highest BCUT2D eigenvalue weighted by Crippen LogP contribution is 2.30. The maximum Gasteiger partial charge on any atom is 0.336 e. The Labute approximate surface area is 122 Å². The molecule has 0 aromatic rings. The number of methoxy groups -OCH3 is 1. The van der Waals surface area contributed by atoms with Crippen LogP contribution in [0.1, 0.15) is 25.7 Å². The Hall–Kier alpha value is -1.83. The minimum Gasteiger partial charge on any atom is -0.480 e. The van der Waals surface area contributed by atoms with Crippen LogP contribution >= 0.6 is 0 Å². The largest absolute Gasteiger partial charge is 0.480 e. The SMILES string of the molecule is COC(=O)C1CN(C(=O)NC2(C(=O)O)CCCC2)CCO1. The van der Waals surface area contributed by atoms with Gasteiger partial charge in [0.25, 0.3) is 0 Å². The van der Waals surface area contributed by atoms with Crippen molar-refractivity contribution >= 4 is 18.0 Å². The Balaban J connectivity index is 1.99. The van der Waals surface area contributed by atoms with Crippen LogP contribution in [0.5, 0.6) is 0 Å². The second-order valence-electron chi connectivity index (χ2n) is 5.35. The van der Waals surface area contributed by atoms with E-state index in [4.69, 9.17) is 4.74 Å². The lowest BCUT2D eigenvalue weighted by Crippen LogP contribution is -2.59. The van der Waals surface area contributed by atoms with Crippen LogP contribution in [0, 0.1) is 0 Å². The van der Waals surface area contributed by atoms with E-state index in [1.165, 1.54) is 12.0 Å². The Bertz CT molecular complexity index is 432. The van der Waals surface area contributed by atoms with E-state index in [1.54, 1.807) is 0 Å². The van der Waals surface area contributed by atoms with E-state index >= 15 is 0 Å². The fourth-order valence-electron chi connectivity index (χ4n) is 2.76. The van der Waals surface area contributed by atoms with Crippen molar-refractivity contribution in [2.45, 2.75) is 37.3 Å². The molecule has 1 aliphatic heterocycles. The quantitative estimate of drug-likeness (QED) is 0.709. The molecule has 1 unspecified atom stereocenters. The summed E-state index contributed by atoms with van der Waals surface area (Å²) in [6.07, 6.45) is 1.59. The number of carboxylic acids is 1. The highest BCUT2D eigenvalue weighted by molar-refractivity contribution is 5.87. The summed E-state index contributed by atoms with van der Waals surface area (Å²) < 4.78 is 9.83. The van der Waals surface area contributed by atoms with Crippen molar-refractivity contribution in [1.82, 2.24) is 10.2 Å². The van der Waals surface area contributed by atoms with Crippen molar-refractivity contribution < 1.29 is 29.0 Å². The summed E-state index contributed by atoms with van der Waals surface area (Å²) in [4.78, 5) is 36.5. The average Bonchev–Trinajstić information content (AvgIpc) is 2.96. The van der Waals surface area contributed by atoms with Crippen LogP contribution in [0.2, 0.25) is 0 Å². The number of hydrogen-bond donors (Lipinski definition) is 2. The molecule has 1 atom stereocenters. The third kappa shape index (κ3) is 3.26. The van der Waals surface area contributed by atoms with Crippen molar-refractivity contribution in [3.8, 4) is 0 Å². The fraction of sp³-hybridized carbons (Fsp3) is 0.769. The van der Waals surface area contributed by atoms with Crippen LogP contribution in [0.25, 0.3) is 0 Å². The van der Waals surface area contributed by atoms with Gasteiger partial charge in [-0.2, -0.15) is 0 Å². The summed E-state index contributed by atoms with van der Waals surface area (Å²) >= 11 is 0. The molecule has 8 nitrogen and oxygen atoms in total. The standard InChI is InChI=1S/C13H20N2O6/c1-20-10(16)9-8-15(6-7-21-9)12(19)14-13(11(17)18)4-2-3-5-13/h9H,2-8H2,1H3,(H,14,19)(H,17,18). The van der Waals surface area contributed by atoms with Gasteiger partial charge in [0.2, 0.25) is 0 Å². The summed E-state index contributed by atoms with van der Waals surface area (Å²) in [6, 6.07) is -0.475. The van der Waals surface area contributed by atoms with Crippen LogP contribution in [-0.4, -0.2) is 66.4 Å². The second-order valence-corrected chi connectivity index (χ2v) is 5.35. The van der Waals surface area contributed by atoms with Gasteiger partial charge in [-0.05, 0) is 12.8 Å². The van der Waals surface area contributed by atoms with Gasteiger partial charge in [0.15, 0.2) is 6.10 Å². The highest BCUT2D eigenvalue weighted by Gasteiger charge is 2.44. The van der Waals surface area contributed by atoms with E-state index in [2.05, 4.69) is 10.1 Å². The lowest BCUT2D eigenvalue weighted by Gasteiger charge is -2.34. The molecule has 118 valence electrons. The molecule has 2 rings (SSSR count). The molecular formula is C13H20N2O6. The molecule has 2 N–H and O–H groups in total. The van der Waals surface area contributed by atoms with Crippen molar-refractivity contribution in [3.63, 3.8) is 0 Å². The summed E-state index contributed by atoms with van der Waals surface area (Å²) in [5, 5.41) is 12.0. The number of nitrogens with zero attached hydrogens (tertiary/aromatic N) is 1. The first-order chi connectivity index (χ1) is 9.98. The number of morpholine rings is 1. The van der Waals surface area contributed by atoms with Gasteiger partial charge >= 0.3 is 18.0 Å². The molecule has 8 heteroatoms. The fourth-order valence-corrected chi connectivity index (χ4v) is 2.76. The molecule has 1 saturated heterocycles. The van der Waals surface area contributed by atoms with Crippen LogP contribution in [0.4, 0.5) is 4.79 Å². The third-order valence-electron chi connectivity index (χ3n) is 4.03. The van der Waals surface area contributed by atoms with Crippen LogP contribution < -0.4 is 5.32 Å². The maximum absolute atomic E-state index is 12.3. The lowest BCUT2D eigenvalue weighted by molar-refractivity contribution is -0.158. The van der Waals surface area contributed by atoms with Gasteiger partial charge in [-0.15, -0.1) is 0 Å². The monoisotopic (exact) mass is 300 g/mol. The van der Waals surface area contributed by atoms with E-state index in [1.807, 2.05) is 0 Å². The molecule has 21 heavy (non-hydrogen) atoms. The summed E-state index contributed by atoms with van der Waals surface area (Å²) in [7, 11) is 1.25. The van der Waals surface area contributed by atoms with E-state index in [0.717, 1.165) is 12.8 Å². The minimum atomic E-state index is -1.18. The van der Waals surface area contributed by atoms with E-state index in [0.29, 0.717) is 19.4 Å². The maximum atomic E-state index is 12.3. The van der Waals surface area contributed by atoms with Gasteiger partial charge in [0.1, 0.15) is 5.54 Å². The number of urea groups is 1. The molecule has 2 aliphatic rings. The van der Waals surface area contributed by atoms with E-state index in [9.17, 15) is 19.5 Å². The molecule has 2 fully saturated rings. The van der Waals surface area contributed by atoms with Crippen molar-refractivity contribution in [3.05, 3.63) is 0 Å². The van der Waals surface area contributed by atoms with Gasteiger partial charge in [0, 0.05) is 6.54 Å². The molecule has 0 aromatic heterocycles. The number of esters is 1. The second kappa shape index (κ2) is 6.30. The number of amides is 2. The first-order valence-corrected chi connectivity index (χ1v) is 6.98. The zero-order valence-electron chi connectivity index (χ0n) is 12.0. The zero-order valence-corrected chi connectivity index (χ0v) is 12.0. The number of carbonyl (C=O) groups excluding carboxylic acids is 2. The van der Waals surface area contributed by atoms with Crippen LogP contribution in [-0.2, 0) is 19.1 Å². The minimum absolute atomic E-state index is 0.0637. The average molecular weight is 300 g/mol. The topological polar surface area (TPSA) is 105 Å². The van der Waals surface area contributed by atoms with Gasteiger partial charge in [-0.25, -0.2) is 14.4 Å². The molecule has 1 aliphatic carbocycles. The van der Waals surface area contributed by atoms with Gasteiger partial charge in [-0.3, -0.25) is 0 Å². The third-order valence-corrected chi connectivity index (χ3v) is 4.03. The molecule has 2 amide bonds. The van der Waals surface area contributed by atoms with Gasteiger partial charge < -0.3 is 24.8 Å². The number of nitrogens with one attached hydrogen (secondary N) is 1. The first kappa shape index (κ1) is 15.6. The predicted octanol–water partition coefficient (Wildman–Crippen LogP) is -0.0328. The molecule has 0 aromatic carbocycles.